The first-order valence-electron chi connectivity index (χ1n) is 11.8. The summed E-state index contributed by atoms with van der Waals surface area (Å²) in [5.41, 5.74) is -0.0458. The number of alkyl halides is 3. The maximum atomic E-state index is 14.3. The van der Waals surface area contributed by atoms with Crippen LogP contribution in [0.1, 0.15) is 54.7 Å². The van der Waals surface area contributed by atoms with Gasteiger partial charge in [-0.3, -0.25) is 9.59 Å². The maximum Gasteiger partial charge on any atom is 0.389 e. The lowest BCUT2D eigenvalue weighted by Gasteiger charge is -2.18. The smallest absolute Gasteiger partial charge is 0.310 e. The number of fused-ring (bicyclic) bond motifs is 2. The van der Waals surface area contributed by atoms with Gasteiger partial charge in [-0.15, -0.1) is 0 Å². The average molecular weight is 526 g/mol. The molecule has 38 heavy (non-hydrogen) atoms. The number of carbonyl (C=O) groups is 2. The molecule has 1 aliphatic heterocycles. The molecule has 0 fully saturated rings. The number of nitrogens with zero attached hydrogens (tertiary/aromatic N) is 5. The lowest BCUT2D eigenvalue weighted by Crippen LogP contribution is -2.28. The summed E-state index contributed by atoms with van der Waals surface area (Å²) >= 11 is 0. The van der Waals surface area contributed by atoms with Crippen molar-refractivity contribution in [1.29, 1.82) is 0 Å². The van der Waals surface area contributed by atoms with Gasteiger partial charge in [-0.2, -0.15) is 18.3 Å². The van der Waals surface area contributed by atoms with Crippen molar-refractivity contribution >= 4 is 28.5 Å². The number of Topliss-reactive ketones (excluding diaryl/α,β-unsaturated/α-hetero) is 1. The summed E-state index contributed by atoms with van der Waals surface area (Å²) in [7, 11) is 0. The molecule has 12 heteroatoms. The number of benzene rings is 1. The number of rotatable bonds is 7. The minimum absolute atomic E-state index is 0.00814. The summed E-state index contributed by atoms with van der Waals surface area (Å²) in [5, 5.41) is 7.73. The Kier molecular flexibility index (Phi) is 6.20. The Morgan fingerprint density at radius 2 is 1.87 bits per heavy atom. The van der Waals surface area contributed by atoms with Crippen LogP contribution in [0.15, 0.2) is 42.6 Å². The van der Waals surface area contributed by atoms with Gasteiger partial charge in [0.25, 0.3) is 0 Å². The van der Waals surface area contributed by atoms with Gasteiger partial charge in [0.05, 0.1) is 17.3 Å². The zero-order valence-corrected chi connectivity index (χ0v) is 20.4. The quantitative estimate of drug-likeness (QED) is 0.262. The first-order valence-corrected chi connectivity index (χ1v) is 11.8. The van der Waals surface area contributed by atoms with Crippen molar-refractivity contribution in [3.63, 3.8) is 0 Å². The highest BCUT2D eigenvalue weighted by Gasteiger charge is 2.44. The molecule has 1 aromatic carbocycles. The van der Waals surface area contributed by atoms with Crippen molar-refractivity contribution in [1.82, 2.24) is 24.7 Å². The molecule has 196 valence electrons. The number of nitrogens with one attached hydrogen (secondary N) is 1. The predicted molar refractivity (Wildman–Crippen MR) is 130 cm³/mol. The molecule has 1 N–H and O–H groups in total. The number of hydrogen-bond donors (Lipinski definition) is 1. The SMILES string of the molecule is CC1(C)C(=O)Nc2nc(-c3nn(Cc4ccccc4F)c4ncccc34)nc(C(=O)CCCC(F)(F)F)c21. The maximum absolute atomic E-state index is 14.3. The molecule has 1 amide bonds. The van der Waals surface area contributed by atoms with E-state index >= 15 is 0 Å². The van der Waals surface area contributed by atoms with Gasteiger partial charge in [-0.25, -0.2) is 24.0 Å². The van der Waals surface area contributed by atoms with Crippen LogP contribution in [0.3, 0.4) is 0 Å². The minimum atomic E-state index is -4.40. The molecule has 3 aromatic heterocycles. The van der Waals surface area contributed by atoms with Crippen molar-refractivity contribution in [2.75, 3.05) is 5.32 Å². The highest BCUT2D eigenvalue weighted by Crippen LogP contribution is 2.40. The first kappa shape index (κ1) is 25.4. The van der Waals surface area contributed by atoms with Crippen LogP contribution in [0.4, 0.5) is 23.4 Å². The summed E-state index contributed by atoms with van der Waals surface area (Å²) in [5.74, 6) is -1.37. The fraction of sp³-hybridized carbons (Fsp3) is 0.308. The van der Waals surface area contributed by atoms with Crippen molar-refractivity contribution in [3.8, 4) is 11.5 Å². The van der Waals surface area contributed by atoms with Gasteiger partial charge < -0.3 is 5.32 Å². The minimum Gasteiger partial charge on any atom is -0.310 e. The Balaban J connectivity index is 1.62. The molecule has 0 spiro atoms. The Hall–Kier alpha value is -4.22. The van der Waals surface area contributed by atoms with Crippen LogP contribution in [-0.4, -0.2) is 42.6 Å². The third kappa shape index (κ3) is 4.61. The third-order valence-electron chi connectivity index (χ3n) is 6.46. The van der Waals surface area contributed by atoms with E-state index < -0.39 is 48.4 Å². The summed E-state index contributed by atoms with van der Waals surface area (Å²) in [6.07, 6.45) is -4.78. The number of pyridine rings is 1. The molecule has 5 rings (SSSR count). The lowest BCUT2D eigenvalue weighted by atomic mass is 9.84. The van der Waals surface area contributed by atoms with E-state index in [1.807, 2.05) is 0 Å². The largest absolute Gasteiger partial charge is 0.389 e. The highest BCUT2D eigenvalue weighted by atomic mass is 19.4. The van der Waals surface area contributed by atoms with Crippen LogP contribution in [-0.2, 0) is 16.8 Å². The number of hydrogen-bond acceptors (Lipinski definition) is 6. The molecular weight excluding hydrogens is 504 g/mol. The Bertz CT molecular complexity index is 1580. The first-order chi connectivity index (χ1) is 18.0. The molecule has 0 radical (unpaired) electrons. The van der Waals surface area contributed by atoms with Crippen molar-refractivity contribution in [2.24, 2.45) is 0 Å². The van der Waals surface area contributed by atoms with Gasteiger partial charge in [0.1, 0.15) is 23.0 Å². The molecule has 8 nitrogen and oxygen atoms in total. The summed E-state index contributed by atoms with van der Waals surface area (Å²) in [4.78, 5) is 39.1. The fourth-order valence-corrected chi connectivity index (χ4v) is 4.47. The number of halogens is 4. The molecule has 1 aliphatic rings. The van der Waals surface area contributed by atoms with E-state index in [9.17, 15) is 27.2 Å². The fourth-order valence-electron chi connectivity index (χ4n) is 4.47. The number of amides is 1. The van der Waals surface area contributed by atoms with E-state index in [2.05, 4.69) is 25.4 Å². The van der Waals surface area contributed by atoms with Crippen LogP contribution >= 0.6 is 0 Å². The van der Waals surface area contributed by atoms with E-state index in [0.717, 1.165) is 0 Å². The van der Waals surface area contributed by atoms with Gasteiger partial charge in [-0.05, 0) is 38.5 Å². The third-order valence-corrected chi connectivity index (χ3v) is 6.46. The standard InChI is InChI=1S/C26H22F4N6O2/c1-25(2)18-20(17(37)10-5-11-26(28,29)30)32-22(33-21(18)34-24(25)38)19-15-8-6-12-31-23(15)36(35-19)13-14-7-3-4-9-16(14)27/h3-4,6-9,12H,5,10-11,13H2,1-2H3,(H,32,33,34,38). The van der Waals surface area contributed by atoms with Crippen LogP contribution < -0.4 is 5.32 Å². The van der Waals surface area contributed by atoms with Crippen LogP contribution in [0.5, 0.6) is 0 Å². The Morgan fingerprint density at radius 1 is 1.11 bits per heavy atom. The van der Waals surface area contributed by atoms with Crippen LogP contribution in [0.25, 0.3) is 22.6 Å². The second kappa shape index (κ2) is 9.26. The van der Waals surface area contributed by atoms with Gasteiger partial charge in [0.2, 0.25) is 5.91 Å². The van der Waals surface area contributed by atoms with Crippen molar-refractivity contribution in [2.45, 2.75) is 51.2 Å². The zero-order chi connectivity index (χ0) is 27.2. The zero-order valence-electron chi connectivity index (χ0n) is 20.4. The van der Waals surface area contributed by atoms with E-state index in [4.69, 9.17) is 0 Å². The molecule has 0 aliphatic carbocycles. The normalized spacial score (nSPS) is 14.5. The lowest BCUT2D eigenvalue weighted by molar-refractivity contribution is -0.135. The van der Waals surface area contributed by atoms with E-state index in [0.29, 0.717) is 16.6 Å². The second-order valence-electron chi connectivity index (χ2n) is 9.56. The van der Waals surface area contributed by atoms with E-state index in [1.54, 1.807) is 50.4 Å². The van der Waals surface area contributed by atoms with Gasteiger partial charge in [-0.1, -0.05) is 18.2 Å². The van der Waals surface area contributed by atoms with Crippen molar-refractivity contribution in [3.05, 3.63) is 65.2 Å². The van der Waals surface area contributed by atoms with Gasteiger partial charge >= 0.3 is 6.18 Å². The molecular formula is C26H22F4N6O2. The highest BCUT2D eigenvalue weighted by molar-refractivity contribution is 6.09. The summed E-state index contributed by atoms with van der Waals surface area (Å²) < 4.78 is 53.9. The second-order valence-corrected chi connectivity index (χ2v) is 9.56. The summed E-state index contributed by atoms with van der Waals surface area (Å²) in [6.45, 7) is 3.23. The molecule has 4 aromatic rings. The number of carbonyl (C=O) groups excluding carboxylic acids is 2. The molecule has 0 bridgehead atoms. The van der Waals surface area contributed by atoms with E-state index in [1.165, 1.54) is 10.7 Å². The van der Waals surface area contributed by atoms with E-state index in [-0.39, 0.29) is 35.1 Å². The molecule has 0 atom stereocenters. The van der Waals surface area contributed by atoms with Gasteiger partial charge in [0, 0.05) is 30.2 Å². The van der Waals surface area contributed by atoms with Crippen LogP contribution in [0.2, 0.25) is 0 Å². The average Bonchev–Trinajstić information content (AvgIpc) is 3.33. The Morgan fingerprint density at radius 3 is 2.61 bits per heavy atom. The predicted octanol–water partition coefficient (Wildman–Crippen LogP) is 5.22. The monoisotopic (exact) mass is 526 g/mol. The number of aromatic nitrogens is 5. The molecule has 0 saturated carbocycles. The molecule has 0 saturated heterocycles. The molecule has 4 heterocycles. The topological polar surface area (TPSA) is 103 Å². The van der Waals surface area contributed by atoms with Crippen molar-refractivity contribution < 1.29 is 27.2 Å². The number of anilines is 1. The van der Waals surface area contributed by atoms with Gasteiger partial charge in [0.15, 0.2) is 17.3 Å². The van der Waals surface area contributed by atoms with Crippen LogP contribution in [0, 0.1) is 5.82 Å². The Labute approximate surface area is 214 Å². The number of ketones is 1. The molecule has 0 unspecified atom stereocenters. The summed E-state index contributed by atoms with van der Waals surface area (Å²) in [6, 6.07) is 9.61.